The monoisotopic (exact) mass is 388 g/mol. The Kier molecular flexibility index (Phi) is 6.01. The fourth-order valence-corrected chi connectivity index (χ4v) is 4.10. The third kappa shape index (κ3) is 4.10. The topological polar surface area (TPSA) is 89.5 Å². The molecule has 152 valence electrons. The lowest BCUT2D eigenvalue weighted by atomic mass is 10.1. The molecule has 2 aliphatic heterocycles. The molecule has 0 N–H and O–H groups in total. The molecule has 2 aliphatic rings. The van der Waals surface area contributed by atoms with Crippen molar-refractivity contribution in [3.63, 3.8) is 0 Å². The van der Waals surface area contributed by atoms with Gasteiger partial charge in [0.1, 0.15) is 0 Å². The van der Waals surface area contributed by atoms with E-state index in [4.69, 9.17) is 9.15 Å². The number of aromatic nitrogens is 4. The van der Waals surface area contributed by atoms with Crippen LogP contribution < -0.4 is 0 Å². The van der Waals surface area contributed by atoms with E-state index in [1.54, 1.807) is 12.1 Å². The second-order valence-electron chi connectivity index (χ2n) is 7.46. The summed E-state index contributed by atoms with van der Waals surface area (Å²) in [5, 5.41) is 12.5. The third-order valence-corrected chi connectivity index (χ3v) is 5.59. The fraction of sp³-hybridized carbons (Fsp3) is 0.684. The van der Waals surface area contributed by atoms with Crippen molar-refractivity contribution in [2.24, 2.45) is 0 Å². The van der Waals surface area contributed by atoms with Crippen molar-refractivity contribution in [3.05, 3.63) is 30.0 Å². The quantitative estimate of drug-likeness (QED) is 0.714. The number of tetrazole rings is 1. The molecule has 0 spiro atoms. The molecule has 4 rings (SSSR count). The van der Waals surface area contributed by atoms with Crippen LogP contribution in [0.1, 0.15) is 55.0 Å². The van der Waals surface area contributed by atoms with E-state index in [1.165, 1.54) is 6.26 Å². The number of amides is 1. The van der Waals surface area contributed by atoms with Gasteiger partial charge in [-0.2, -0.15) is 0 Å². The zero-order valence-corrected chi connectivity index (χ0v) is 16.4. The molecule has 2 aromatic rings. The molecule has 0 saturated carbocycles. The van der Waals surface area contributed by atoms with Crippen LogP contribution in [0.25, 0.3) is 0 Å². The van der Waals surface area contributed by atoms with Crippen LogP contribution in [0.3, 0.4) is 0 Å². The molecule has 0 aromatic carbocycles. The lowest BCUT2D eigenvalue weighted by Crippen LogP contribution is -2.50. The first-order chi connectivity index (χ1) is 13.8. The molecule has 0 radical (unpaired) electrons. The first kappa shape index (κ1) is 19.1. The summed E-state index contributed by atoms with van der Waals surface area (Å²) in [5.74, 6) is 1.27. The predicted molar refractivity (Wildman–Crippen MR) is 101 cm³/mol. The number of nitrogens with zero attached hydrogens (tertiary/aromatic N) is 6. The van der Waals surface area contributed by atoms with Crippen LogP contribution in [-0.4, -0.2) is 74.8 Å². The van der Waals surface area contributed by atoms with E-state index in [2.05, 4.69) is 27.3 Å². The third-order valence-electron chi connectivity index (χ3n) is 5.59. The molecule has 0 bridgehead atoms. The summed E-state index contributed by atoms with van der Waals surface area (Å²) in [4.78, 5) is 16.8. The highest BCUT2D eigenvalue weighted by Gasteiger charge is 2.31. The lowest BCUT2D eigenvalue weighted by molar-refractivity contribution is 0.0503. The summed E-state index contributed by atoms with van der Waals surface area (Å²) in [6, 6.07) is 3.62. The molecule has 2 saturated heterocycles. The van der Waals surface area contributed by atoms with Crippen LogP contribution in [0, 0.1) is 0 Å². The van der Waals surface area contributed by atoms with E-state index in [1.807, 2.05) is 9.58 Å². The number of carbonyl (C=O) groups excluding carboxylic acids is 1. The van der Waals surface area contributed by atoms with Crippen LogP contribution in [0.15, 0.2) is 22.8 Å². The molecule has 2 atom stereocenters. The Morgan fingerprint density at radius 1 is 1.32 bits per heavy atom. The minimum atomic E-state index is -0.0418. The Bertz CT molecular complexity index is 748. The molecule has 0 unspecified atom stereocenters. The summed E-state index contributed by atoms with van der Waals surface area (Å²) < 4.78 is 12.9. The smallest absolute Gasteiger partial charge is 0.289 e. The normalized spacial score (nSPS) is 21.9. The van der Waals surface area contributed by atoms with Crippen LogP contribution in [0.2, 0.25) is 0 Å². The largest absolute Gasteiger partial charge is 0.459 e. The molecular formula is C19H28N6O3. The van der Waals surface area contributed by atoms with E-state index in [9.17, 15) is 4.79 Å². The maximum Gasteiger partial charge on any atom is 0.289 e. The number of hydrogen-bond donors (Lipinski definition) is 0. The van der Waals surface area contributed by atoms with Crippen LogP contribution in [-0.2, 0) is 11.3 Å². The van der Waals surface area contributed by atoms with Crippen LogP contribution in [0.4, 0.5) is 0 Å². The van der Waals surface area contributed by atoms with E-state index >= 15 is 0 Å². The van der Waals surface area contributed by atoms with Crippen molar-refractivity contribution in [2.45, 2.75) is 51.3 Å². The number of rotatable bonds is 7. The van der Waals surface area contributed by atoms with Gasteiger partial charge in [0.2, 0.25) is 0 Å². The standard InChI is InChI=1S/C19H28N6O3/c1-2-5-16(18-20-21-22-25(18)14-15-6-3-12-27-15)23-8-10-24(11-9-23)19(26)17-7-4-13-28-17/h4,7,13,15-16H,2-3,5-6,8-12,14H2,1H3/t15-,16-/m0/s1. The summed E-state index contributed by atoms with van der Waals surface area (Å²) in [6.45, 7) is 6.65. The number of furan rings is 1. The second kappa shape index (κ2) is 8.83. The van der Waals surface area contributed by atoms with E-state index in [0.717, 1.165) is 51.2 Å². The van der Waals surface area contributed by atoms with Gasteiger partial charge in [-0.1, -0.05) is 13.3 Å². The maximum atomic E-state index is 12.5. The number of hydrogen-bond acceptors (Lipinski definition) is 7. The first-order valence-electron chi connectivity index (χ1n) is 10.2. The molecule has 28 heavy (non-hydrogen) atoms. The molecular weight excluding hydrogens is 360 g/mol. The number of carbonyl (C=O) groups is 1. The van der Waals surface area contributed by atoms with Gasteiger partial charge in [-0.05, 0) is 41.8 Å². The molecule has 0 aliphatic carbocycles. The molecule has 9 heteroatoms. The van der Waals surface area contributed by atoms with Crippen LogP contribution in [0.5, 0.6) is 0 Å². The SMILES string of the molecule is CCC[C@@H](c1nnnn1C[C@@H]1CCCO1)N1CCN(C(=O)c2ccco2)CC1. The maximum absolute atomic E-state index is 12.5. The average molecular weight is 388 g/mol. The lowest BCUT2D eigenvalue weighted by Gasteiger charge is -2.38. The van der Waals surface area contributed by atoms with Crippen molar-refractivity contribution < 1.29 is 13.9 Å². The fourth-order valence-electron chi connectivity index (χ4n) is 4.10. The van der Waals surface area contributed by atoms with E-state index in [0.29, 0.717) is 25.4 Å². The van der Waals surface area contributed by atoms with Crippen LogP contribution >= 0.6 is 0 Å². The Hall–Kier alpha value is -2.26. The van der Waals surface area contributed by atoms with Crippen molar-refractivity contribution in [1.29, 1.82) is 0 Å². The predicted octanol–water partition coefficient (Wildman–Crippen LogP) is 1.74. The molecule has 1 amide bonds. The van der Waals surface area contributed by atoms with Gasteiger partial charge in [0.15, 0.2) is 11.6 Å². The Labute approximate surface area is 164 Å². The first-order valence-corrected chi connectivity index (χ1v) is 10.2. The summed E-state index contributed by atoms with van der Waals surface area (Å²) >= 11 is 0. The highest BCUT2D eigenvalue weighted by Crippen LogP contribution is 2.26. The van der Waals surface area contributed by atoms with E-state index in [-0.39, 0.29) is 18.1 Å². The van der Waals surface area contributed by atoms with E-state index < -0.39 is 0 Å². The Balaban J connectivity index is 1.42. The molecule has 2 fully saturated rings. The minimum Gasteiger partial charge on any atom is -0.459 e. The summed E-state index contributed by atoms with van der Waals surface area (Å²) in [7, 11) is 0. The van der Waals surface area contributed by atoms with Gasteiger partial charge in [-0.3, -0.25) is 9.69 Å². The van der Waals surface area contributed by atoms with Crippen molar-refractivity contribution in [2.75, 3.05) is 32.8 Å². The zero-order valence-electron chi connectivity index (χ0n) is 16.4. The average Bonchev–Trinajstić information content (AvgIpc) is 3.49. The number of piperazine rings is 1. The summed E-state index contributed by atoms with van der Waals surface area (Å²) in [5.41, 5.74) is 0. The second-order valence-corrected chi connectivity index (χ2v) is 7.46. The van der Waals surface area contributed by atoms with Gasteiger partial charge in [0.25, 0.3) is 5.91 Å². The van der Waals surface area contributed by atoms with Crippen molar-refractivity contribution >= 4 is 5.91 Å². The zero-order chi connectivity index (χ0) is 19.3. The number of ether oxygens (including phenoxy) is 1. The van der Waals surface area contributed by atoms with Gasteiger partial charge in [-0.25, -0.2) is 4.68 Å². The van der Waals surface area contributed by atoms with Crippen molar-refractivity contribution in [1.82, 2.24) is 30.0 Å². The highest BCUT2D eigenvalue weighted by molar-refractivity contribution is 5.91. The molecule has 9 nitrogen and oxygen atoms in total. The van der Waals surface area contributed by atoms with Gasteiger partial charge in [0.05, 0.1) is 25.0 Å². The Morgan fingerprint density at radius 3 is 2.86 bits per heavy atom. The van der Waals surface area contributed by atoms with Gasteiger partial charge in [0, 0.05) is 32.8 Å². The highest BCUT2D eigenvalue weighted by atomic mass is 16.5. The minimum absolute atomic E-state index is 0.0418. The van der Waals surface area contributed by atoms with Gasteiger partial charge in [-0.15, -0.1) is 5.10 Å². The molecule has 2 aromatic heterocycles. The summed E-state index contributed by atoms with van der Waals surface area (Å²) in [6.07, 6.45) is 5.93. The van der Waals surface area contributed by atoms with Gasteiger partial charge < -0.3 is 14.1 Å². The molecule has 4 heterocycles. The van der Waals surface area contributed by atoms with Gasteiger partial charge >= 0.3 is 0 Å². The Morgan fingerprint density at radius 2 is 2.18 bits per heavy atom. The van der Waals surface area contributed by atoms with Crippen molar-refractivity contribution in [3.8, 4) is 0 Å².